The van der Waals surface area contributed by atoms with E-state index in [0.717, 1.165) is 27.5 Å². The van der Waals surface area contributed by atoms with Crippen LogP contribution in [0.3, 0.4) is 0 Å². The molecule has 0 unspecified atom stereocenters. The molecule has 0 bridgehead atoms. The number of amides is 1. The Morgan fingerprint density at radius 2 is 2.00 bits per heavy atom. The van der Waals surface area contributed by atoms with E-state index in [1.54, 1.807) is 11.3 Å². The van der Waals surface area contributed by atoms with Crippen LogP contribution in [0.4, 0.5) is 14.5 Å². The molecule has 0 aliphatic rings. The van der Waals surface area contributed by atoms with Gasteiger partial charge in [0.1, 0.15) is 5.82 Å². The lowest BCUT2D eigenvalue weighted by Gasteiger charge is -2.07. The quantitative estimate of drug-likeness (QED) is 0.855. The van der Waals surface area contributed by atoms with E-state index in [2.05, 4.69) is 5.32 Å². The number of rotatable bonds is 3. The number of benzene rings is 1. The Bertz CT molecular complexity index is 648. The number of anilines is 1. The molecule has 0 saturated heterocycles. The number of hydrogen-bond donors (Lipinski definition) is 2. The van der Waals surface area contributed by atoms with Gasteiger partial charge in [0.2, 0.25) is 0 Å². The van der Waals surface area contributed by atoms with E-state index < -0.39 is 17.5 Å². The molecule has 2 rings (SSSR count). The van der Waals surface area contributed by atoms with Gasteiger partial charge in [-0.05, 0) is 37.6 Å². The molecule has 0 saturated carbocycles. The number of nitrogen functional groups attached to an aromatic ring is 1. The van der Waals surface area contributed by atoms with Crippen molar-refractivity contribution in [3.8, 4) is 0 Å². The molecule has 1 aromatic heterocycles. The third kappa shape index (κ3) is 2.96. The van der Waals surface area contributed by atoms with Gasteiger partial charge in [-0.2, -0.15) is 0 Å². The molecule has 3 N–H and O–H groups in total. The molecular formula is C14H14F2N2OS. The summed E-state index contributed by atoms with van der Waals surface area (Å²) in [5.74, 6) is -2.32. The van der Waals surface area contributed by atoms with Gasteiger partial charge in [-0.1, -0.05) is 0 Å². The van der Waals surface area contributed by atoms with E-state index in [4.69, 9.17) is 5.73 Å². The van der Waals surface area contributed by atoms with Gasteiger partial charge in [0.15, 0.2) is 5.82 Å². The second-order valence-electron chi connectivity index (χ2n) is 4.49. The van der Waals surface area contributed by atoms with Crippen LogP contribution in [0.25, 0.3) is 0 Å². The molecule has 0 aliphatic heterocycles. The maximum atomic E-state index is 13.7. The number of aryl methyl sites for hydroxylation is 2. The minimum atomic E-state index is -0.901. The lowest BCUT2D eigenvalue weighted by molar-refractivity contribution is 0.0947. The number of hydrogen-bond acceptors (Lipinski definition) is 3. The van der Waals surface area contributed by atoms with Gasteiger partial charge in [0.25, 0.3) is 5.91 Å². The normalized spacial score (nSPS) is 10.6. The molecule has 0 radical (unpaired) electrons. The van der Waals surface area contributed by atoms with Crippen LogP contribution in [0, 0.1) is 25.5 Å². The highest BCUT2D eigenvalue weighted by Gasteiger charge is 2.16. The standard InChI is InChI=1S/C14H14F2N2OS/c1-7-3-10(20-8(7)2)6-18-14(19)11-4-9(15)5-12(17)13(11)16/h3-5H,6,17H2,1-2H3,(H,18,19). The summed E-state index contributed by atoms with van der Waals surface area (Å²) in [6.45, 7) is 4.23. The monoisotopic (exact) mass is 296 g/mol. The fourth-order valence-electron chi connectivity index (χ4n) is 1.78. The van der Waals surface area contributed by atoms with Crippen molar-refractivity contribution < 1.29 is 13.6 Å². The topological polar surface area (TPSA) is 55.1 Å². The predicted molar refractivity (Wildman–Crippen MR) is 75.7 cm³/mol. The van der Waals surface area contributed by atoms with Gasteiger partial charge >= 0.3 is 0 Å². The second kappa shape index (κ2) is 5.58. The molecular weight excluding hydrogens is 282 g/mol. The first-order chi connectivity index (χ1) is 9.38. The van der Waals surface area contributed by atoms with Crippen molar-refractivity contribution in [3.63, 3.8) is 0 Å². The van der Waals surface area contributed by atoms with Crippen LogP contribution in [0.5, 0.6) is 0 Å². The Balaban J connectivity index is 2.13. The van der Waals surface area contributed by atoms with E-state index in [1.807, 2.05) is 19.9 Å². The molecule has 106 valence electrons. The zero-order valence-electron chi connectivity index (χ0n) is 11.1. The predicted octanol–water partition coefficient (Wildman–Crippen LogP) is 3.16. The van der Waals surface area contributed by atoms with Crippen LogP contribution in [0.2, 0.25) is 0 Å². The Labute approximate surface area is 119 Å². The van der Waals surface area contributed by atoms with Crippen LogP contribution in [0.1, 0.15) is 25.7 Å². The van der Waals surface area contributed by atoms with Crippen LogP contribution >= 0.6 is 11.3 Å². The number of halogens is 2. The Morgan fingerprint density at radius 1 is 1.30 bits per heavy atom. The van der Waals surface area contributed by atoms with E-state index in [-0.39, 0.29) is 17.8 Å². The maximum absolute atomic E-state index is 13.7. The van der Waals surface area contributed by atoms with E-state index >= 15 is 0 Å². The number of nitrogens with one attached hydrogen (secondary N) is 1. The third-order valence-electron chi connectivity index (χ3n) is 2.95. The largest absolute Gasteiger partial charge is 0.396 e. The van der Waals surface area contributed by atoms with Crippen molar-refractivity contribution in [2.24, 2.45) is 0 Å². The molecule has 2 aromatic rings. The van der Waals surface area contributed by atoms with E-state index in [9.17, 15) is 13.6 Å². The van der Waals surface area contributed by atoms with Crippen molar-refractivity contribution in [1.29, 1.82) is 0 Å². The summed E-state index contributed by atoms with van der Waals surface area (Å²) in [6.07, 6.45) is 0. The molecule has 20 heavy (non-hydrogen) atoms. The lowest BCUT2D eigenvalue weighted by atomic mass is 10.1. The van der Waals surface area contributed by atoms with Crippen LogP contribution in [-0.4, -0.2) is 5.91 Å². The van der Waals surface area contributed by atoms with Gasteiger partial charge in [0, 0.05) is 9.75 Å². The van der Waals surface area contributed by atoms with Crippen LogP contribution in [0.15, 0.2) is 18.2 Å². The highest BCUT2D eigenvalue weighted by Crippen LogP contribution is 2.21. The van der Waals surface area contributed by atoms with Crippen molar-refractivity contribution in [2.75, 3.05) is 5.73 Å². The summed E-state index contributed by atoms with van der Waals surface area (Å²) in [5.41, 5.74) is 5.68. The lowest BCUT2D eigenvalue weighted by Crippen LogP contribution is -2.24. The minimum Gasteiger partial charge on any atom is -0.396 e. The summed E-state index contributed by atoms with van der Waals surface area (Å²) in [7, 11) is 0. The summed E-state index contributed by atoms with van der Waals surface area (Å²) in [4.78, 5) is 14.0. The van der Waals surface area contributed by atoms with Crippen LogP contribution < -0.4 is 11.1 Å². The highest BCUT2D eigenvalue weighted by molar-refractivity contribution is 7.12. The molecule has 1 amide bonds. The van der Waals surface area contributed by atoms with Crippen molar-refractivity contribution in [3.05, 3.63) is 50.7 Å². The Hall–Kier alpha value is -1.95. The van der Waals surface area contributed by atoms with Gasteiger partial charge in [-0.25, -0.2) is 8.78 Å². The Morgan fingerprint density at radius 3 is 2.60 bits per heavy atom. The molecule has 1 heterocycles. The van der Waals surface area contributed by atoms with Crippen molar-refractivity contribution in [2.45, 2.75) is 20.4 Å². The first-order valence-corrected chi connectivity index (χ1v) is 6.78. The Kier molecular flexibility index (Phi) is 4.04. The zero-order valence-corrected chi connectivity index (χ0v) is 11.9. The van der Waals surface area contributed by atoms with Gasteiger partial charge < -0.3 is 11.1 Å². The molecule has 0 fully saturated rings. The maximum Gasteiger partial charge on any atom is 0.254 e. The van der Waals surface area contributed by atoms with Crippen molar-refractivity contribution >= 4 is 22.9 Å². The fourth-order valence-corrected chi connectivity index (χ4v) is 2.77. The minimum absolute atomic E-state index is 0.272. The summed E-state index contributed by atoms with van der Waals surface area (Å²) < 4.78 is 26.8. The van der Waals surface area contributed by atoms with Gasteiger partial charge in [0.05, 0.1) is 17.8 Å². The molecule has 0 atom stereocenters. The number of nitrogens with two attached hydrogens (primary N) is 1. The molecule has 6 heteroatoms. The molecule has 3 nitrogen and oxygen atoms in total. The smallest absolute Gasteiger partial charge is 0.254 e. The van der Waals surface area contributed by atoms with Crippen LogP contribution in [-0.2, 0) is 6.54 Å². The summed E-state index contributed by atoms with van der Waals surface area (Å²) in [5, 5.41) is 2.56. The first kappa shape index (κ1) is 14.5. The average Bonchev–Trinajstić information content (AvgIpc) is 2.70. The highest BCUT2D eigenvalue weighted by atomic mass is 32.1. The second-order valence-corrected chi connectivity index (χ2v) is 5.83. The third-order valence-corrected chi connectivity index (χ3v) is 4.10. The molecule has 0 spiro atoms. The molecule has 1 aromatic carbocycles. The summed E-state index contributed by atoms with van der Waals surface area (Å²) in [6, 6.07) is 3.64. The first-order valence-electron chi connectivity index (χ1n) is 5.97. The van der Waals surface area contributed by atoms with E-state index in [0.29, 0.717) is 0 Å². The molecule has 0 aliphatic carbocycles. The zero-order chi connectivity index (χ0) is 14.9. The fraction of sp³-hybridized carbons (Fsp3) is 0.214. The van der Waals surface area contributed by atoms with Gasteiger partial charge in [-0.3, -0.25) is 4.79 Å². The SMILES string of the molecule is Cc1cc(CNC(=O)c2cc(F)cc(N)c2F)sc1C. The number of thiophene rings is 1. The van der Waals surface area contributed by atoms with Crippen molar-refractivity contribution in [1.82, 2.24) is 5.32 Å². The number of carbonyl (C=O) groups excluding carboxylic acids is 1. The summed E-state index contributed by atoms with van der Waals surface area (Å²) >= 11 is 1.55. The number of carbonyl (C=O) groups is 1. The van der Waals surface area contributed by atoms with Gasteiger partial charge in [-0.15, -0.1) is 11.3 Å². The van der Waals surface area contributed by atoms with E-state index in [1.165, 1.54) is 0 Å². The average molecular weight is 296 g/mol.